The molecule has 0 amide bonds. The van der Waals surface area contributed by atoms with E-state index < -0.39 is 0 Å². The second-order valence-corrected chi connectivity index (χ2v) is 4.25. The van der Waals surface area contributed by atoms with Crippen molar-refractivity contribution in [2.45, 2.75) is 6.42 Å². The molecule has 0 atom stereocenters. The number of hydrogen-bond acceptors (Lipinski definition) is 5. The van der Waals surface area contributed by atoms with Crippen LogP contribution in [0.5, 0.6) is 0 Å². The molecule has 3 N–H and O–H groups in total. The van der Waals surface area contributed by atoms with E-state index in [9.17, 15) is 0 Å². The van der Waals surface area contributed by atoms with Crippen molar-refractivity contribution in [1.82, 2.24) is 9.97 Å². The first-order valence-corrected chi connectivity index (χ1v) is 5.95. The van der Waals surface area contributed by atoms with Gasteiger partial charge < -0.3 is 16.0 Å². The Hall–Kier alpha value is -2.30. The minimum Gasteiger partial charge on any atom is -0.373 e. The third kappa shape index (κ3) is 1.73. The normalized spacial score (nSPS) is 13.5. The maximum Gasteiger partial charge on any atom is 0.223 e. The summed E-state index contributed by atoms with van der Waals surface area (Å²) in [6, 6.07) is 10.3. The van der Waals surface area contributed by atoms with E-state index in [0.29, 0.717) is 5.95 Å². The summed E-state index contributed by atoms with van der Waals surface area (Å²) in [5.41, 5.74) is 8.29. The zero-order valence-electron chi connectivity index (χ0n) is 10.2. The summed E-state index contributed by atoms with van der Waals surface area (Å²) in [5.74, 6) is 1.87. The Morgan fingerprint density at radius 1 is 1.28 bits per heavy atom. The Bertz CT molecular complexity index is 581. The predicted molar refractivity (Wildman–Crippen MR) is 73.1 cm³/mol. The molecule has 0 bridgehead atoms. The minimum absolute atomic E-state index is 0.293. The van der Waals surface area contributed by atoms with Crippen LogP contribution in [-0.4, -0.2) is 23.6 Å². The Morgan fingerprint density at radius 2 is 2.11 bits per heavy atom. The molecule has 0 saturated heterocycles. The number of nitrogen functional groups attached to an aromatic ring is 1. The number of benzene rings is 1. The fraction of sp³-hybridized carbons (Fsp3) is 0.231. The van der Waals surface area contributed by atoms with Crippen LogP contribution in [0.1, 0.15) is 5.56 Å². The number of hydrogen-bond donors (Lipinski definition) is 2. The lowest BCUT2D eigenvalue weighted by atomic mass is 10.2. The number of rotatable bonds is 2. The molecule has 5 heteroatoms. The van der Waals surface area contributed by atoms with Gasteiger partial charge in [-0.15, -0.1) is 0 Å². The monoisotopic (exact) mass is 241 g/mol. The van der Waals surface area contributed by atoms with Gasteiger partial charge >= 0.3 is 0 Å². The molecule has 5 nitrogen and oxygen atoms in total. The van der Waals surface area contributed by atoms with Crippen LogP contribution in [0.4, 0.5) is 23.3 Å². The lowest BCUT2D eigenvalue weighted by molar-refractivity contribution is 0.968. The summed E-state index contributed by atoms with van der Waals surface area (Å²) >= 11 is 0. The number of nitrogens with zero attached hydrogens (tertiary/aromatic N) is 3. The van der Waals surface area contributed by atoms with Crippen LogP contribution in [0.2, 0.25) is 0 Å². The molecule has 3 rings (SSSR count). The maximum atomic E-state index is 5.73. The average Bonchev–Trinajstić information content (AvgIpc) is 2.81. The van der Waals surface area contributed by atoms with Crippen molar-refractivity contribution in [1.29, 1.82) is 0 Å². The van der Waals surface area contributed by atoms with E-state index in [0.717, 1.165) is 24.6 Å². The fourth-order valence-electron chi connectivity index (χ4n) is 2.30. The van der Waals surface area contributed by atoms with Crippen LogP contribution in [0.3, 0.4) is 0 Å². The van der Waals surface area contributed by atoms with Crippen molar-refractivity contribution in [3.63, 3.8) is 0 Å². The fourth-order valence-corrected chi connectivity index (χ4v) is 2.30. The van der Waals surface area contributed by atoms with E-state index in [2.05, 4.69) is 38.4 Å². The summed E-state index contributed by atoms with van der Waals surface area (Å²) in [5, 5.41) is 3.00. The molecule has 92 valence electrons. The minimum atomic E-state index is 0.293. The highest BCUT2D eigenvalue weighted by molar-refractivity contribution is 5.69. The second-order valence-electron chi connectivity index (χ2n) is 4.25. The van der Waals surface area contributed by atoms with E-state index in [1.165, 1.54) is 11.3 Å². The van der Waals surface area contributed by atoms with E-state index >= 15 is 0 Å². The van der Waals surface area contributed by atoms with Gasteiger partial charge in [0.25, 0.3) is 0 Å². The number of para-hydroxylation sites is 1. The lowest BCUT2D eigenvalue weighted by Gasteiger charge is -2.19. The largest absolute Gasteiger partial charge is 0.373 e. The zero-order chi connectivity index (χ0) is 12.5. The molecule has 0 fully saturated rings. The van der Waals surface area contributed by atoms with E-state index in [-0.39, 0.29) is 0 Å². The van der Waals surface area contributed by atoms with Crippen molar-refractivity contribution in [3.8, 4) is 0 Å². The Labute approximate surface area is 106 Å². The van der Waals surface area contributed by atoms with Crippen molar-refractivity contribution in [2.75, 3.05) is 29.5 Å². The number of anilines is 4. The molecule has 0 radical (unpaired) electrons. The van der Waals surface area contributed by atoms with Crippen LogP contribution in [-0.2, 0) is 6.42 Å². The molecule has 1 aliphatic heterocycles. The molecule has 1 aromatic carbocycles. The molecular formula is C13H15N5. The molecule has 1 aromatic heterocycles. The van der Waals surface area contributed by atoms with E-state index in [4.69, 9.17) is 5.73 Å². The topological polar surface area (TPSA) is 67.1 Å². The van der Waals surface area contributed by atoms with Gasteiger partial charge in [0.05, 0.1) is 0 Å². The third-order valence-corrected chi connectivity index (χ3v) is 3.15. The maximum absolute atomic E-state index is 5.73. The first-order valence-electron chi connectivity index (χ1n) is 5.95. The van der Waals surface area contributed by atoms with Gasteiger partial charge in [-0.1, -0.05) is 18.2 Å². The van der Waals surface area contributed by atoms with Crippen LogP contribution < -0.4 is 16.0 Å². The molecule has 1 aliphatic rings. The lowest BCUT2D eigenvalue weighted by Crippen LogP contribution is -2.16. The third-order valence-electron chi connectivity index (χ3n) is 3.15. The highest BCUT2D eigenvalue weighted by Crippen LogP contribution is 2.33. The average molecular weight is 241 g/mol. The summed E-state index contributed by atoms with van der Waals surface area (Å²) in [6.45, 7) is 0.930. The standard InChI is InChI=1S/C13H15N5/c1-15-11-8-12(17-13(14)16-11)18-7-6-9-4-2-3-5-10(9)18/h2-5,8H,6-7H2,1H3,(H3,14,15,16,17). The van der Waals surface area contributed by atoms with Gasteiger partial charge in [0.1, 0.15) is 11.6 Å². The predicted octanol–water partition coefficient (Wildman–Crippen LogP) is 1.79. The number of nitrogens with one attached hydrogen (secondary N) is 1. The Morgan fingerprint density at radius 3 is 2.94 bits per heavy atom. The van der Waals surface area contributed by atoms with Crippen molar-refractivity contribution in [2.24, 2.45) is 0 Å². The molecular weight excluding hydrogens is 226 g/mol. The van der Waals surface area contributed by atoms with Gasteiger partial charge in [-0.05, 0) is 18.1 Å². The highest BCUT2D eigenvalue weighted by Gasteiger charge is 2.21. The van der Waals surface area contributed by atoms with Crippen molar-refractivity contribution >= 4 is 23.3 Å². The number of fused-ring (bicyclic) bond motifs is 1. The van der Waals surface area contributed by atoms with Gasteiger partial charge in [-0.3, -0.25) is 0 Å². The SMILES string of the molecule is CNc1cc(N2CCc3ccccc32)nc(N)n1. The quantitative estimate of drug-likeness (QED) is 0.839. The number of nitrogens with two attached hydrogens (primary N) is 1. The zero-order valence-corrected chi connectivity index (χ0v) is 10.2. The van der Waals surface area contributed by atoms with Gasteiger partial charge in [0, 0.05) is 25.3 Å². The van der Waals surface area contributed by atoms with Gasteiger partial charge in [0.15, 0.2) is 0 Å². The number of aromatic nitrogens is 2. The molecule has 0 saturated carbocycles. The molecule has 0 aliphatic carbocycles. The summed E-state index contributed by atoms with van der Waals surface area (Å²) in [4.78, 5) is 10.6. The van der Waals surface area contributed by atoms with Gasteiger partial charge in [0.2, 0.25) is 5.95 Å². The van der Waals surface area contributed by atoms with Crippen LogP contribution in [0.15, 0.2) is 30.3 Å². The van der Waals surface area contributed by atoms with E-state index in [1.807, 2.05) is 19.2 Å². The Balaban J connectivity index is 2.04. The smallest absolute Gasteiger partial charge is 0.223 e. The molecule has 0 unspecified atom stereocenters. The second kappa shape index (κ2) is 4.18. The molecule has 2 aromatic rings. The van der Waals surface area contributed by atoms with Crippen LogP contribution >= 0.6 is 0 Å². The Kier molecular flexibility index (Phi) is 2.51. The van der Waals surface area contributed by atoms with Crippen LogP contribution in [0.25, 0.3) is 0 Å². The van der Waals surface area contributed by atoms with Gasteiger partial charge in [-0.2, -0.15) is 9.97 Å². The molecule has 0 spiro atoms. The summed E-state index contributed by atoms with van der Waals surface area (Å²) in [7, 11) is 1.82. The van der Waals surface area contributed by atoms with Crippen molar-refractivity contribution < 1.29 is 0 Å². The first-order chi connectivity index (χ1) is 8.78. The van der Waals surface area contributed by atoms with E-state index in [1.54, 1.807) is 0 Å². The first kappa shape index (κ1) is 10.8. The van der Waals surface area contributed by atoms with Crippen molar-refractivity contribution in [3.05, 3.63) is 35.9 Å². The molecule has 18 heavy (non-hydrogen) atoms. The molecule has 2 heterocycles. The summed E-state index contributed by atoms with van der Waals surface area (Å²) < 4.78 is 0. The van der Waals surface area contributed by atoms with Gasteiger partial charge in [-0.25, -0.2) is 0 Å². The van der Waals surface area contributed by atoms with Crippen LogP contribution in [0, 0.1) is 0 Å². The highest BCUT2D eigenvalue weighted by atomic mass is 15.2. The summed E-state index contributed by atoms with van der Waals surface area (Å²) in [6.07, 6.45) is 1.04.